The number of pyridine rings is 1. The van der Waals surface area contributed by atoms with Gasteiger partial charge in [-0.2, -0.15) is 0 Å². The van der Waals surface area contributed by atoms with Crippen molar-refractivity contribution in [2.24, 2.45) is 7.05 Å². The maximum Gasteiger partial charge on any atom is 1.00 e. The molecule has 2 amide bonds. The Balaban J connectivity index is 0.00000228. The first-order valence-corrected chi connectivity index (χ1v) is 10.9. The molecule has 9 heteroatoms. The van der Waals surface area contributed by atoms with Crippen LogP contribution in [0.4, 0.5) is 10.5 Å². The van der Waals surface area contributed by atoms with E-state index >= 15 is 0 Å². The van der Waals surface area contributed by atoms with Crippen molar-refractivity contribution >= 4 is 40.1 Å². The molecule has 4 aromatic rings. The van der Waals surface area contributed by atoms with Crippen molar-refractivity contribution in [3.05, 3.63) is 99.4 Å². The summed E-state index contributed by atoms with van der Waals surface area (Å²) >= 11 is 6.26. The fourth-order valence-corrected chi connectivity index (χ4v) is 4.12. The molecule has 0 saturated heterocycles. The van der Waals surface area contributed by atoms with Gasteiger partial charge in [0.15, 0.2) is 0 Å². The van der Waals surface area contributed by atoms with E-state index < -0.39 is 12.0 Å². The number of aromatic nitrogens is 1. The number of nitrogens with one attached hydrogen (secondary N) is 2. The number of hydrogen-bond donors (Lipinski definition) is 3. The van der Waals surface area contributed by atoms with Crippen LogP contribution in [0.1, 0.15) is 12.7 Å². The minimum absolute atomic E-state index is 0. The van der Waals surface area contributed by atoms with Crippen molar-refractivity contribution < 1.29 is 45.7 Å². The van der Waals surface area contributed by atoms with Crippen molar-refractivity contribution in [3.63, 3.8) is 0 Å². The third kappa shape index (κ3) is 6.13. The number of hydrogen-bond acceptors (Lipinski definition) is 3. The number of halogens is 1. The number of benzene rings is 3. The van der Waals surface area contributed by atoms with Gasteiger partial charge in [0.05, 0.1) is 13.0 Å². The molecule has 1 heterocycles. The molecular formula is C26H23ClN3NaO4. The maximum absolute atomic E-state index is 13.0. The predicted molar refractivity (Wildman–Crippen MR) is 134 cm³/mol. The Morgan fingerprint density at radius 3 is 2.46 bits per heavy atom. The molecule has 1 aromatic heterocycles. The van der Waals surface area contributed by atoms with E-state index in [9.17, 15) is 14.4 Å². The van der Waals surface area contributed by atoms with E-state index in [4.69, 9.17) is 16.7 Å². The maximum atomic E-state index is 13.0. The summed E-state index contributed by atoms with van der Waals surface area (Å²) in [5.41, 5.74) is 3.18. The van der Waals surface area contributed by atoms with Crippen LogP contribution in [0.2, 0.25) is 5.02 Å². The van der Waals surface area contributed by atoms with Crippen LogP contribution in [0.3, 0.4) is 0 Å². The van der Waals surface area contributed by atoms with Crippen LogP contribution in [0.15, 0.2) is 77.6 Å². The van der Waals surface area contributed by atoms with Crippen molar-refractivity contribution in [2.75, 3.05) is 5.32 Å². The molecule has 0 aliphatic carbocycles. The zero-order chi connectivity index (χ0) is 24.2. The molecule has 174 valence electrons. The molecule has 35 heavy (non-hydrogen) atoms. The molecule has 4 rings (SSSR count). The van der Waals surface area contributed by atoms with Gasteiger partial charge >= 0.3 is 41.6 Å². The number of rotatable bonds is 6. The molecule has 0 bridgehead atoms. The summed E-state index contributed by atoms with van der Waals surface area (Å²) < 4.78 is 1.53. The molecule has 7 nitrogen and oxygen atoms in total. The smallest absolute Gasteiger partial charge is 1.00 e. The van der Waals surface area contributed by atoms with Crippen molar-refractivity contribution in [3.8, 4) is 11.1 Å². The fourth-order valence-electron chi connectivity index (χ4n) is 3.94. The Morgan fingerprint density at radius 2 is 1.74 bits per heavy atom. The van der Waals surface area contributed by atoms with Gasteiger partial charge in [0, 0.05) is 34.4 Å². The van der Waals surface area contributed by atoms with Crippen molar-refractivity contribution in [1.29, 1.82) is 0 Å². The summed E-state index contributed by atoms with van der Waals surface area (Å²) in [6, 6.07) is 20.9. The van der Waals surface area contributed by atoms with Crippen LogP contribution in [0, 0.1) is 0 Å². The Kier molecular flexibility index (Phi) is 8.75. The first-order chi connectivity index (χ1) is 16.3. The SMILES string of the molecule is Cn1c(CNC(=O)Nc2cccc(CC(=O)O)c2)c(-c2ccccc2)c2cc(Cl)ccc2c1=O.[H-].[Na+]. The third-order valence-corrected chi connectivity index (χ3v) is 5.73. The van der Waals surface area contributed by atoms with Crippen LogP contribution in [0.5, 0.6) is 0 Å². The molecule has 0 fully saturated rings. The molecule has 0 aliphatic rings. The number of urea groups is 1. The second-order valence-electron chi connectivity index (χ2n) is 7.82. The standard InChI is InChI=1S/C26H22ClN3O4.Na.H/c1-30-22(15-28-26(34)29-19-9-5-6-16(12-19)13-23(31)32)24(17-7-3-2-4-8-17)21-14-18(27)10-11-20(21)25(30)33;;/h2-12,14H,13,15H2,1H3,(H,31,32)(H2,28,29,34);;/q;+1;-1. The van der Waals surface area contributed by atoms with Gasteiger partial charge in [-0.15, -0.1) is 0 Å². The monoisotopic (exact) mass is 499 g/mol. The molecule has 0 aliphatic heterocycles. The van der Waals surface area contributed by atoms with Gasteiger partial charge in [-0.3, -0.25) is 9.59 Å². The van der Waals surface area contributed by atoms with Gasteiger partial charge in [0.2, 0.25) is 0 Å². The van der Waals surface area contributed by atoms with Crippen LogP contribution in [-0.4, -0.2) is 21.7 Å². The second-order valence-corrected chi connectivity index (χ2v) is 8.26. The van der Waals surface area contributed by atoms with E-state index in [1.807, 2.05) is 30.3 Å². The third-order valence-electron chi connectivity index (χ3n) is 5.50. The van der Waals surface area contributed by atoms with E-state index in [0.717, 1.165) is 11.1 Å². The van der Waals surface area contributed by atoms with Crippen molar-refractivity contribution in [1.82, 2.24) is 9.88 Å². The van der Waals surface area contributed by atoms with Crippen molar-refractivity contribution in [2.45, 2.75) is 13.0 Å². The summed E-state index contributed by atoms with van der Waals surface area (Å²) in [7, 11) is 1.67. The van der Waals surface area contributed by atoms with E-state index in [0.29, 0.717) is 32.7 Å². The number of aliphatic carboxylic acids is 1. The summed E-state index contributed by atoms with van der Waals surface area (Å²) in [5, 5.41) is 16.2. The Labute approximate surface area is 230 Å². The fraction of sp³-hybridized carbons (Fsp3) is 0.115. The number of amides is 2. The topological polar surface area (TPSA) is 100 Å². The number of fused-ring (bicyclic) bond motifs is 1. The van der Waals surface area contributed by atoms with Gasteiger partial charge in [-0.05, 0) is 46.8 Å². The molecular weight excluding hydrogens is 477 g/mol. The van der Waals surface area contributed by atoms with Crippen LogP contribution in [-0.2, 0) is 24.8 Å². The number of carbonyl (C=O) groups is 2. The number of carbonyl (C=O) groups excluding carboxylic acids is 1. The summed E-state index contributed by atoms with van der Waals surface area (Å²) in [4.78, 5) is 36.6. The zero-order valence-corrected chi connectivity index (χ0v) is 22.1. The largest absolute Gasteiger partial charge is 1.00 e. The summed E-state index contributed by atoms with van der Waals surface area (Å²) in [5.74, 6) is -0.952. The Morgan fingerprint density at radius 1 is 1.00 bits per heavy atom. The zero-order valence-electron chi connectivity index (χ0n) is 20.3. The van der Waals surface area contributed by atoms with E-state index in [1.54, 1.807) is 49.5 Å². The number of carboxylic acid groups (broad SMARTS) is 1. The number of carboxylic acids is 1. The van der Waals surface area contributed by atoms with E-state index in [-0.39, 0.29) is 49.5 Å². The molecule has 0 unspecified atom stereocenters. The van der Waals surface area contributed by atoms with Gasteiger partial charge < -0.3 is 21.7 Å². The molecule has 0 radical (unpaired) electrons. The van der Waals surface area contributed by atoms with Gasteiger partial charge in [0.1, 0.15) is 0 Å². The molecule has 0 saturated carbocycles. The predicted octanol–water partition coefficient (Wildman–Crippen LogP) is 1.92. The summed E-state index contributed by atoms with van der Waals surface area (Å²) in [6.45, 7) is 0.0824. The number of anilines is 1. The van der Waals surface area contributed by atoms with Crippen LogP contribution < -0.4 is 45.8 Å². The Hall–Kier alpha value is -3.10. The molecule has 0 spiro atoms. The quantitative estimate of drug-likeness (QED) is 0.353. The van der Waals surface area contributed by atoms with Gasteiger partial charge in [-0.1, -0.05) is 54.1 Å². The van der Waals surface area contributed by atoms with Gasteiger partial charge in [0.25, 0.3) is 5.56 Å². The average molecular weight is 500 g/mol. The molecule has 3 N–H and O–H groups in total. The minimum atomic E-state index is -0.952. The first kappa shape index (κ1) is 26.5. The molecule has 3 aromatic carbocycles. The average Bonchev–Trinajstić information content (AvgIpc) is 2.80. The Bertz CT molecular complexity index is 1460. The normalized spacial score (nSPS) is 10.5. The second kappa shape index (κ2) is 11.6. The molecule has 0 atom stereocenters. The minimum Gasteiger partial charge on any atom is -1.00 e. The van der Waals surface area contributed by atoms with Gasteiger partial charge in [-0.25, -0.2) is 4.79 Å². The first-order valence-electron chi connectivity index (χ1n) is 10.6. The van der Waals surface area contributed by atoms with Crippen LogP contribution >= 0.6 is 11.6 Å². The van der Waals surface area contributed by atoms with E-state index in [1.165, 1.54) is 4.57 Å². The summed E-state index contributed by atoms with van der Waals surface area (Å²) in [6.07, 6.45) is -0.140. The van der Waals surface area contributed by atoms with Crippen LogP contribution in [0.25, 0.3) is 21.9 Å². The number of nitrogens with zero attached hydrogens (tertiary/aromatic N) is 1. The van der Waals surface area contributed by atoms with E-state index in [2.05, 4.69) is 10.6 Å².